The fourth-order valence-electron chi connectivity index (χ4n) is 1.45. The topological polar surface area (TPSA) is 40.5 Å². The van der Waals surface area contributed by atoms with Crippen molar-refractivity contribution >= 4 is 7.69 Å². The van der Waals surface area contributed by atoms with Crippen LogP contribution in [0.2, 0.25) is 0 Å². The van der Waals surface area contributed by atoms with Crippen LogP contribution in [0.15, 0.2) is 24.3 Å². The van der Waals surface area contributed by atoms with Gasteiger partial charge in [0.05, 0.1) is 0 Å². The highest BCUT2D eigenvalue weighted by Crippen LogP contribution is 2.28. The predicted molar refractivity (Wildman–Crippen MR) is 75.4 cm³/mol. The van der Waals surface area contributed by atoms with Crippen LogP contribution in [-0.4, -0.2) is 17.7 Å². The van der Waals surface area contributed by atoms with Gasteiger partial charge in [0.1, 0.15) is 0 Å². The lowest BCUT2D eigenvalue weighted by atomic mass is 9.81. The minimum atomic E-state index is -0.750. The second-order valence-corrected chi connectivity index (χ2v) is 6.22. The third-order valence-electron chi connectivity index (χ3n) is 2.59. The van der Waals surface area contributed by atoms with Crippen LogP contribution in [-0.2, 0) is 10.8 Å². The summed E-state index contributed by atoms with van der Waals surface area (Å²) in [5, 5.41) is 14.2. The molecule has 0 aromatic heterocycles. The van der Waals surface area contributed by atoms with Gasteiger partial charge in [-0.1, -0.05) is 65.8 Å². The standard InChI is InChI=1S/C14H22.BH3O2/c1-13(2,3)11-8-7-9-12(10-11)14(4,5)6;2-1-3/h7-10H,1-6H3;1-3H. The van der Waals surface area contributed by atoms with Crippen molar-refractivity contribution in [3.63, 3.8) is 0 Å². The molecule has 2 nitrogen and oxygen atoms in total. The van der Waals surface area contributed by atoms with Crippen molar-refractivity contribution < 1.29 is 10.0 Å². The lowest BCUT2D eigenvalue weighted by Gasteiger charge is -2.24. The van der Waals surface area contributed by atoms with Crippen molar-refractivity contribution in [2.45, 2.75) is 52.4 Å². The van der Waals surface area contributed by atoms with Crippen molar-refractivity contribution in [1.29, 1.82) is 0 Å². The molecule has 17 heavy (non-hydrogen) atoms. The number of benzene rings is 1. The quantitative estimate of drug-likeness (QED) is 0.679. The molecule has 0 aliphatic heterocycles. The Hall–Kier alpha value is -0.795. The first kappa shape index (κ1) is 16.2. The molecule has 1 aromatic rings. The van der Waals surface area contributed by atoms with Gasteiger partial charge in [-0.3, -0.25) is 0 Å². The van der Waals surface area contributed by atoms with Gasteiger partial charge in [-0.25, -0.2) is 0 Å². The lowest BCUT2D eigenvalue weighted by molar-refractivity contribution is 0.448. The van der Waals surface area contributed by atoms with E-state index in [9.17, 15) is 0 Å². The highest BCUT2D eigenvalue weighted by Gasteiger charge is 2.18. The van der Waals surface area contributed by atoms with Crippen molar-refractivity contribution in [1.82, 2.24) is 0 Å². The van der Waals surface area contributed by atoms with Gasteiger partial charge in [0.15, 0.2) is 0 Å². The number of hydrogen-bond donors (Lipinski definition) is 2. The third kappa shape index (κ3) is 5.90. The van der Waals surface area contributed by atoms with Crippen LogP contribution in [0.4, 0.5) is 0 Å². The first-order valence-corrected chi connectivity index (χ1v) is 5.95. The van der Waals surface area contributed by atoms with E-state index in [1.165, 1.54) is 11.1 Å². The van der Waals surface area contributed by atoms with Gasteiger partial charge in [0.2, 0.25) is 0 Å². The Kier molecular flexibility index (Phi) is 5.93. The minimum Gasteiger partial charge on any atom is -0.430 e. The van der Waals surface area contributed by atoms with E-state index in [-0.39, 0.29) is 10.8 Å². The number of hydrogen-bond acceptors (Lipinski definition) is 2. The van der Waals surface area contributed by atoms with E-state index >= 15 is 0 Å². The van der Waals surface area contributed by atoms with E-state index in [2.05, 4.69) is 65.8 Å². The van der Waals surface area contributed by atoms with Crippen molar-refractivity contribution in [3.05, 3.63) is 35.4 Å². The first-order valence-electron chi connectivity index (χ1n) is 5.95. The van der Waals surface area contributed by atoms with Crippen LogP contribution >= 0.6 is 0 Å². The van der Waals surface area contributed by atoms with E-state index in [1.807, 2.05) is 0 Å². The zero-order valence-corrected chi connectivity index (χ0v) is 11.9. The molecule has 1 rings (SSSR count). The number of rotatable bonds is 0. The largest absolute Gasteiger partial charge is 0.432 e. The summed E-state index contributed by atoms with van der Waals surface area (Å²) in [7, 11) is -0.750. The molecule has 0 unspecified atom stereocenters. The van der Waals surface area contributed by atoms with Crippen molar-refractivity contribution in [2.75, 3.05) is 0 Å². The van der Waals surface area contributed by atoms with E-state index < -0.39 is 7.69 Å². The summed E-state index contributed by atoms with van der Waals surface area (Å²) in [6, 6.07) is 8.94. The summed E-state index contributed by atoms with van der Waals surface area (Å²) in [6.45, 7) is 13.6. The van der Waals surface area contributed by atoms with Gasteiger partial charge in [-0.2, -0.15) is 0 Å². The van der Waals surface area contributed by atoms with E-state index in [0.29, 0.717) is 0 Å². The Morgan fingerprint density at radius 1 is 0.824 bits per heavy atom. The Balaban J connectivity index is 0.000000770. The average molecular weight is 236 g/mol. The van der Waals surface area contributed by atoms with E-state index in [1.54, 1.807) is 0 Å². The van der Waals surface area contributed by atoms with Crippen LogP contribution < -0.4 is 0 Å². The fraction of sp³-hybridized carbons (Fsp3) is 0.571. The Labute approximate surface area is 106 Å². The Morgan fingerprint density at radius 2 is 1.12 bits per heavy atom. The summed E-state index contributed by atoms with van der Waals surface area (Å²) in [6.07, 6.45) is 0. The zero-order valence-electron chi connectivity index (χ0n) is 11.9. The molecule has 0 radical (unpaired) electrons. The highest BCUT2D eigenvalue weighted by molar-refractivity contribution is 6.13. The van der Waals surface area contributed by atoms with Crippen LogP contribution in [0.3, 0.4) is 0 Å². The molecule has 3 heteroatoms. The van der Waals surface area contributed by atoms with E-state index in [0.717, 1.165) is 0 Å². The first-order chi connectivity index (χ1) is 7.62. The molecular weight excluding hydrogens is 211 g/mol. The molecule has 0 aliphatic rings. The van der Waals surface area contributed by atoms with E-state index in [4.69, 9.17) is 10.0 Å². The van der Waals surface area contributed by atoms with Crippen LogP contribution in [0.1, 0.15) is 52.7 Å². The zero-order chi connectivity index (χ0) is 13.7. The molecule has 0 amide bonds. The Bertz CT molecular complexity index is 306. The molecule has 2 N–H and O–H groups in total. The van der Waals surface area contributed by atoms with Crippen LogP contribution in [0.25, 0.3) is 0 Å². The maximum absolute atomic E-state index is 7.12. The Morgan fingerprint density at radius 3 is 1.35 bits per heavy atom. The maximum Gasteiger partial charge on any atom is 0.432 e. The summed E-state index contributed by atoms with van der Waals surface area (Å²) in [5.41, 5.74) is 3.34. The van der Waals surface area contributed by atoms with Crippen LogP contribution in [0.5, 0.6) is 0 Å². The monoisotopic (exact) mass is 236 g/mol. The normalized spacial score (nSPS) is 11.5. The molecule has 1 aromatic carbocycles. The summed E-state index contributed by atoms with van der Waals surface area (Å²) < 4.78 is 0. The molecule has 0 saturated carbocycles. The smallest absolute Gasteiger partial charge is 0.430 e. The molecule has 0 fully saturated rings. The lowest BCUT2D eigenvalue weighted by Crippen LogP contribution is -2.15. The molecule has 0 saturated heterocycles. The molecule has 0 aliphatic carbocycles. The molecule has 0 bridgehead atoms. The van der Waals surface area contributed by atoms with Gasteiger partial charge in [-0.15, -0.1) is 0 Å². The van der Waals surface area contributed by atoms with Gasteiger partial charge in [0, 0.05) is 0 Å². The van der Waals surface area contributed by atoms with Gasteiger partial charge in [0.25, 0.3) is 0 Å². The SMILES string of the molecule is CC(C)(C)c1cccc(C(C)(C)C)c1.OBO. The summed E-state index contributed by atoms with van der Waals surface area (Å²) in [5.74, 6) is 0. The summed E-state index contributed by atoms with van der Waals surface area (Å²) in [4.78, 5) is 0. The molecule has 0 spiro atoms. The van der Waals surface area contributed by atoms with Gasteiger partial charge >= 0.3 is 7.69 Å². The summed E-state index contributed by atoms with van der Waals surface area (Å²) >= 11 is 0. The van der Waals surface area contributed by atoms with Crippen molar-refractivity contribution in [3.8, 4) is 0 Å². The predicted octanol–water partition coefficient (Wildman–Crippen LogP) is 2.52. The van der Waals surface area contributed by atoms with Gasteiger partial charge in [-0.05, 0) is 22.0 Å². The maximum atomic E-state index is 7.12. The van der Waals surface area contributed by atoms with Gasteiger partial charge < -0.3 is 10.0 Å². The second kappa shape index (κ2) is 6.22. The van der Waals surface area contributed by atoms with Crippen molar-refractivity contribution in [2.24, 2.45) is 0 Å². The fourth-order valence-corrected chi connectivity index (χ4v) is 1.45. The molecule has 96 valence electrons. The third-order valence-corrected chi connectivity index (χ3v) is 2.59. The average Bonchev–Trinajstić information content (AvgIpc) is 2.16. The highest BCUT2D eigenvalue weighted by atomic mass is 16.4. The minimum absolute atomic E-state index is 0.251. The second-order valence-electron chi connectivity index (χ2n) is 6.22. The van der Waals surface area contributed by atoms with Crippen LogP contribution in [0, 0.1) is 0 Å². The molecule has 0 atom stereocenters. The molecular formula is C14H25BO2. The molecule has 0 heterocycles.